The van der Waals surface area contributed by atoms with Gasteiger partial charge in [-0.1, -0.05) is 6.07 Å². The Hall–Kier alpha value is -0.880. The Bertz CT molecular complexity index is 565. The molecule has 6 heteroatoms. The second-order valence-electron chi connectivity index (χ2n) is 5.31. The van der Waals surface area contributed by atoms with Crippen LogP contribution in [0.15, 0.2) is 17.5 Å². The first kappa shape index (κ1) is 13.1. The standard InChI is InChI=1S/C13H17NO3S2/c15-13(10-5-8-19(16,17)9-10)14-6-1-3-11(14)12-4-2-7-18-12/h2,4,7,10-11H,1,3,5-6,8-9H2. The molecule has 2 aliphatic heterocycles. The third kappa shape index (κ3) is 2.56. The second kappa shape index (κ2) is 4.90. The molecule has 4 nitrogen and oxygen atoms in total. The largest absolute Gasteiger partial charge is 0.335 e. The van der Waals surface area contributed by atoms with Crippen molar-refractivity contribution in [3.8, 4) is 0 Å². The van der Waals surface area contributed by atoms with Gasteiger partial charge in [-0.3, -0.25) is 4.79 Å². The lowest BCUT2D eigenvalue weighted by Gasteiger charge is -2.26. The summed E-state index contributed by atoms with van der Waals surface area (Å²) < 4.78 is 23.0. The number of thiophene rings is 1. The number of amides is 1. The molecule has 2 atom stereocenters. The summed E-state index contributed by atoms with van der Waals surface area (Å²) in [5, 5.41) is 2.02. The Balaban J connectivity index is 1.76. The average molecular weight is 299 g/mol. The molecule has 1 amide bonds. The zero-order chi connectivity index (χ0) is 13.5. The van der Waals surface area contributed by atoms with Gasteiger partial charge in [-0.2, -0.15) is 0 Å². The van der Waals surface area contributed by atoms with Crippen LogP contribution in [0.3, 0.4) is 0 Å². The molecule has 0 radical (unpaired) electrons. The van der Waals surface area contributed by atoms with Gasteiger partial charge in [-0.05, 0) is 30.7 Å². The number of carbonyl (C=O) groups is 1. The van der Waals surface area contributed by atoms with E-state index in [0.29, 0.717) is 6.42 Å². The third-order valence-corrected chi connectivity index (χ3v) is 6.73. The lowest BCUT2D eigenvalue weighted by Crippen LogP contribution is -2.36. The van der Waals surface area contributed by atoms with Crippen molar-refractivity contribution < 1.29 is 13.2 Å². The van der Waals surface area contributed by atoms with Crippen LogP contribution < -0.4 is 0 Å². The highest BCUT2D eigenvalue weighted by atomic mass is 32.2. The maximum atomic E-state index is 12.5. The predicted molar refractivity (Wildman–Crippen MR) is 74.8 cm³/mol. The summed E-state index contributed by atoms with van der Waals surface area (Å²) in [5.74, 6) is -0.0667. The van der Waals surface area contributed by atoms with Gasteiger partial charge in [0.2, 0.25) is 5.91 Å². The minimum Gasteiger partial charge on any atom is -0.335 e. The molecule has 0 saturated carbocycles. The average Bonchev–Trinajstić information content (AvgIpc) is 3.06. The summed E-state index contributed by atoms with van der Waals surface area (Å²) in [6, 6.07) is 4.23. The number of rotatable bonds is 2. The van der Waals surface area contributed by atoms with Gasteiger partial charge < -0.3 is 4.90 Å². The SMILES string of the molecule is O=C(C1CCS(=O)(=O)C1)N1CCCC1c1cccs1. The van der Waals surface area contributed by atoms with E-state index in [4.69, 9.17) is 0 Å². The van der Waals surface area contributed by atoms with Crippen LogP contribution in [0.5, 0.6) is 0 Å². The fourth-order valence-corrected chi connectivity index (χ4v) is 5.64. The quantitative estimate of drug-likeness (QED) is 0.837. The minimum atomic E-state index is -2.99. The second-order valence-corrected chi connectivity index (χ2v) is 8.51. The van der Waals surface area contributed by atoms with E-state index in [1.807, 2.05) is 16.3 Å². The first-order chi connectivity index (χ1) is 9.07. The van der Waals surface area contributed by atoms with Gasteiger partial charge in [0.05, 0.1) is 23.5 Å². The molecule has 2 aliphatic rings. The molecule has 1 aromatic heterocycles. The first-order valence-electron chi connectivity index (χ1n) is 6.61. The van der Waals surface area contributed by atoms with Crippen LogP contribution in [0, 0.1) is 5.92 Å². The van der Waals surface area contributed by atoms with Crippen molar-refractivity contribution in [2.75, 3.05) is 18.1 Å². The number of nitrogens with zero attached hydrogens (tertiary/aromatic N) is 1. The van der Waals surface area contributed by atoms with Crippen molar-refractivity contribution in [3.63, 3.8) is 0 Å². The number of likely N-dealkylation sites (tertiary alicyclic amines) is 1. The van der Waals surface area contributed by atoms with Crippen LogP contribution in [-0.4, -0.2) is 37.3 Å². The molecule has 3 rings (SSSR count). The van der Waals surface area contributed by atoms with Crippen molar-refractivity contribution in [2.24, 2.45) is 5.92 Å². The van der Waals surface area contributed by atoms with Gasteiger partial charge in [-0.15, -0.1) is 11.3 Å². The molecule has 0 aromatic carbocycles. The fraction of sp³-hybridized carbons (Fsp3) is 0.615. The number of carbonyl (C=O) groups excluding carboxylic acids is 1. The van der Waals surface area contributed by atoms with E-state index in [0.717, 1.165) is 19.4 Å². The number of sulfone groups is 1. The Morgan fingerprint density at radius 2 is 2.21 bits per heavy atom. The minimum absolute atomic E-state index is 0.0389. The highest BCUT2D eigenvalue weighted by Gasteiger charge is 2.39. The molecule has 2 unspecified atom stereocenters. The van der Waals surface area contributed by atoms with Crippen molar-refractivity contribution in [1.82, 2.24) is 4.90 Å². The lowest BCUT2D eigenvalue weighted by molar-refractivity contribution is -0.135. The van der Waals surface area contributed by atoms with Gasteiger partial charge in [0, 0.05) is 11.4 Å². The zero-order valence-corrected chi connectivity index (χ0v) is 12.3. The molecule has 2 saturated heterocycles. The third-order valence-electron chi connectivity index (χ3n) is 3.99. The Kier molecular flexibility index (Phi) is 3.39. The van der Waals surface area contributed by atoms with Gasteiger partial charge in [0.15, 0.2) is 9.84 Å². The van der Waals surface area contributed by atoms with Crippen LogP contribution >= 0.6 is 11.3 Å². The maximum Gasteiger partial charge on any atom is 0.227 e. The van der Waals surface area contributed by atoms with Gasteiger partial charge in [0.25, 0.3) is 0 Å². The van der Waals surface area contributed by atoms with Crippen molar-refractivity contribution in [3.05, 3.63) is 22.4 Å². The fourth-order valence-electron chi connectivity index (χ4n) is 3.03. The summed E-state index contributed by atoms with van der Waals surface area (Å²) in [4.78, 5) is 15.6. The highest BCUT2D eigenvalue weighted by Crippen LogP contribution is 2.36. The van der Waals surface area contributed by atoms with E-state index in [2.05, 4.69) is 6.07 Å². The summed E-state index contributed by atoms with van der Waals surface area (Å²) in [5.41, 5.74) is 0. The number of hydrogen-bond donors (Lipinski definition) is 0. The highest BCUT2D eigenvalue weighted by molar-refractivity contribution is 7.91. The van der Waals surface area contributed by atoms with Crippen LogP contribution in [0.4, 0.5) is 0 Å². The summed E-state index contributed by atoms with van der Waals surface area (Å²) in [6.07, 6.45) is 2.49. The molecule has 2 fully saturated rings. The van der Waals surface area contributed by atoms with Crippen molar-refractivity contribution in [2.45, 2.75) is 25.3 Å². The maximum absolute atomic E-state index is 12.5. The molecule has 0 spiro atoms. The number of hydrogen-bond acceptors (Lipinski definition) is 4. The van der Waals surface area contributed by atoms with Crippen LogP contribution in [0.2, 0.25) is 0 Å². The molecule has 0 aliphatic carbocycles. The van der Waals surface area contributed by atoms with E-state index >= 15 is 0 Å². The summed E-state index contributed by atoms with van der Waals surface area (Å²) >= 11 is 1.67. The Morgan fingerprint density at radius 3 is 2.84 bits per heavy atom. The topological polar surface area (TPSA) is 54.5 Å². The van der Waals surface area contributed by atoms with E-state index in [1.54, 1.807) is 11.3 Å². The summed E-state index contributed by atoms with van der Waals surface area (Å²) in [7, 11) is -2.99. The Morgan fingerprint density at radius 1 is 1.37 bits per heavy atom. The molecule has 3 heterocycles. The van der Waals surface area contributed by atoms with Gasteiger partial charge >= 0.3 is 0 Å². The first-order valence-corrected chi connectivity index (χ1v) is 9.31. The summed E-state index contributed by atoms with van der Waals surface area (Å²) in [6.45, 7) is 0.762. The van der Waals surface area contributed by atoms with Crippen molar-refractivity contribution >= 4 is 27.1 Å². The van der Waals surface area contributed by atoms with Crippen LogP contribution in [0.25, 0.3) is 0 Å². The molecule has 0 bridgehead atoms. The molecule has 19 heavy (non-hydrogen) atoms. The van der Waals surface area contributed by atoms with E-state index < -0.39 is 9.84 Å². The normalized spacial score (nSPS) is 29.8. The molecular weight excluding hydrogens is 282 g/mol. The smallest absolute Gasteiger partial charge is 0.227 e. The van der Waals surface area contributed by atoms with Gasteiger partial charge in [-0.25, -0.2) is 8.42 Å². The van der Waals surface area contributed by atoms with Gasteiger partial charge in [0.1, 0.15) is 0 Å². The predicted octanol–water partition coefficient (Wildman–Crippen LogP) is 1.85. The molecular formula is C13H17NO3S2. The van der Waals surface area contributed by atoms with Crippen LogP contribution in [-0.2, 0) is 14.6 Å². The Labute approximate surface area is 117 Å². The lowest BCUT2D eigenvalue weighted by atomic mass is 10.1. The van der Waals surface area contributed by atoms with Crippen LogP contribution in [0.1, 0.15) is 30.2 Å². The van der Waals surface area contributed by atoms with E-state index in [9.17, 15) is 13.2 Å². The molecule has 104 valence electrons. The zero-order valence-electron chi connectivity index (χ0n) is 10.6. The van der Waals surface area contributed by atoms with E-state index in [-0.39, 0.29) is 29.4 Å². The molecule has 0 N–H and O–H groups in total. The monoisotopic (exact) mass is 299 g/mol. The van der Waals surface area contributed by atoms with E-state index in [1.165, 1.54) is 4.88 Å². The molecule has 1 aromatic rings. The van der Waals surface area contributed by atoms with Crippen molar-refractivity contribution in [1.29, 1.82) is 0 Å².